The summed E-state index contributed by atoms with van der Waals surface area (Å²) in [5.41, 5.74) is 3.98. The molecule has 3 fully saturated rings. The van der Waals surface area contributed by atoms with Crippen LogP contribution in [0.5, 0.6) is 5.75 Å². The number of phenols is 1. The predicted molar refractivity (Wildman–Crippen MR) is 94.2 cm³/mol. The van der Waals surface area contributed by atoms with Crippen LogP contribution in [-0.4, -0.2) is 47.9 Å². The van der Waals surface area contributed by atoms with Gasteiger partial charge in [-0.05, 0) is 37.3 Å². The van der Waals surface area contributed by atoms with Crippen LogP contribution in [0.1, 0.15) is 25.3 Å². The van der Waals surface area contributed by atoms with Gasteiger partial charge in [0.05, 0.1) is 24.1 Å². The maximum atomic E-state index is 13.0. The van der Waals surface area contributed by atoms with Gasteiger partial charge in [0.2, 0.25) is 0 Å². The van der Waals surface area contributed by atoms with Crippen molar-refractivity contribution in [2.75, 3.05) is 20.2 Å². The number of aliphatic imine (C=N–C) groups is 1. The summed E-state index contributed by atoms with van der Waals surface area (Å²) in [4.78, 5) is 20.4. The Morgan fingerprint density at radius 1 is 1.48 bits per heavy atom. The molecule has 0 aromatic heterocycles. The van der Waals surface area contributed by atoms with Crippen molar-refractivity contribution in [2.24, 2.45) is 16.8 Å². The van der Waals surface area contributed by atoms with Gasteiger partial charge in [-0.25, -0.2) is 0 Å². The van der Waals surface area contributed by atoms with Crippen LogP contribution in [0, 0.1) is 11.8 Å². The van der Waals surface area contributed by atoms with Crippen LogP contribution in [0.4, 0.5) is 5.69 Å². The second kappa shape index (κ2) is 4.94. The van der Waals surface area contributed by atoms with Gasteiger partial charge in [-0.2, -0.15) is 0 Å². The summed E-state index contributed by atoms with van der Waals surface area (Å²) in [7, 11) is 1.49. The van der Waals surface area contributed by atoms with Crippen molar-refractivity contribution in [3.8, 4) is 5.75 Å². The van der Waals surface area contributed by atoms with Crippen LogP contribution >= 0.6 is 0 Å². The minimum absolute atomic E-state index is 0.133. The topological polar surface area (TPSA) is 62.1 Å². The second-order valence-electron chi connectivity index (χ2n) is 7.61. The molecule has 1 aromatic carbocycles. The summed E-state index contributed by atoms with van der Waals surface area (Å²) in [6.45, 7) is 3.94. The van der Waals surface area contributed by atoms with Gasteiger partial charge < -0.3 is 9.84 Å². The number of hydrogen-bond acceptors (Lipinski definition) is 5. The minimum atomic E-state index is -0.380. The van der Waals surface area contributed by atoms with Gasteiger partial charge in [0.15, 0.2) is 0 Å². The highest BCUT2D eigenvalue weighted by atomic mass is 16.5. The molecule has 25 heavy (non-hydrogen) atoms. The molecule has 5 nitrogen and oxygen atoms in total. The first-order valence-corrected chi connectivity index (χ1v) is 8.99. The van der Waals surface area contributed by atoms with Crippen molar-refractivity contribution in [2.45, 2.75) is 31.2 Å². The molecule has 3 aliphatic heterocycles. The Bertz CT molecular complexity index is 843. The van der Waals surface area contributed by atoms with E-state index in [1.54, 1.807) is 12.1 Å². The average Bonchev–Trinajstić information content (AvgIpc) is 2.95. The molecule has 0 spiro atoms. The normalized spacial score (nSPS) is 36.8. The molecule has 1 saturated carbocycles. The Balaban J connectivity index is 1.78. The Labute approximate surface area is 147 Å². The summed E-state index contributed by atoms with van der Waals surface area (Å²) in [5, 5.41) is 9.91. The monoisotopic (exact) mass is 338 g/mol. The highest BCUT2D eigenvalue weighted by Crippen LogP contribution is 2.60. The number of methoxy groups -OCH3 is 1. The summed E-state index contributed by atoms with van der Waals surface area (Å²) < 4.78 is 5.28. The van der Waals surface area contributed by atoms with Crippen LogP contribution in [0.15, 0.2) is 34.8 Å². The molecule has 4 aliphatic rings. The van der Waals surface area contributed by atoms with E-state index in [4.69, 9.17) is 9.73 Å². The van der Waals surface area contributed by atoms with Gasteiger partial charge in [-0.1, -0.05) is 17.7 Å². The standard InChI is InChI=1S/C20H22N2O3/c1-3-11-10-22-7-6-20-14-5-4-12(23)8-15(14)21-18(20)16(22)9-13(11)17(20)19(24)25-2/h3-5,8,13,16-17,23H,6-7,9-10H2,1-2H3/b11-3-/t13-,16-,17+,20-/m1/s1. The first-order chi connectivity index (χ1) is 12.1. The average molecular weight is 338 g/mol. The van der Waals surface area contributed by atoms with Crippen molar-refractivity contribution < 1.29 is 14.6 Å². The van der Waals surface area contributed by atoms with Crippen LogP contribution < -0.4 is 0 Å². The lowest BCUT2D eigenvalue weighted by atomic mass is 9.51. The lowest BCUT2D eigenvalue weighted by Crippen LogP contribution is -2.68. The van der Waals surface area contributed by atoms with E-state index >= 15 is 0 Å². The number of aromatic hydroxyl groups is 1. The fraction of sp³-hybridized carbons (Fsp3) is 0.500. The van der Waals surface area contributed by atoms with Crippen molar-refractivity contribution in [1.29, 1.82) is 0 Å². The SMILES string of the molecule is C/C=C1/CN2CC[C@@]34C(=Nc5cc(O)ccc53)[C@H]2C[C@H]1[C@H]4C(=O)OC. The van der Waals surface area contributed by atoms with Crippen molar-refractivity contribution in [3.63, 3.8) is 0 Å². The molecular formula is C20H22N2O3. The number of piperidine rings is 2. The maximum Gasteiger partial charge on any atom is 0.310 e. The zero-order chi connectivity index (χ0) is 17.3. The number of nitrogens with zero attached hydrogens (tertiary/aromatic N) is 2. The molecule has 0 amide bonds. The molecule has 1 aliphatic carbocycles. The molecule has 130 valence electrons. The molecule has 5 rings (SSSR count). The van der Waals surface area contributed by atoms with Crippen molar-refractivity contribution >= 4 is 17.4 Å². The van der Waals surface area contributed by atoms with Gasteiger partial charge in [0, 0.05) is 30.9 Å². The first-order valence-electron chi connectivity index (χ1n) is 8.99. The Hall–Kier alpha value is -2.14. The molecule has 1 N–H and O–H groups in total. The van der Waals surface area contributed by atoms with Crippen LogP contribution in [0.25, 0.3) is 0 Å². The molecule has 5 heteroatoms. The van der Waals surface area contributed by atoms with Crippen LogP contribution in [0.2, 0.25) is 0 Å². The van der Waals surface area contributed by atoms with E-state index in [2.05, 4.69) is 17.9 Å². The summed E-state index contributed by atoms with van der Waals surface area (Å²) >= 11 is 0. The summed E-state index contributed by atoms with van der Waals surface area (Å²) in [6.07, 6.45) is 3.99. The van der Waals surface area contributed by atoms with Gasteiger partial charge in [0.1, 0.15) is 5.75 Å². The number of carbonyl (C=O) groups excluding carboxylic acids is 1. The third kappa shape index (κ3) is 1.72. The smallest absolute Gasteiger partial charge is 0.310 e. The number of ether oxygens (including phenoxy) is 1. The van der Waals surface area contributed by atoms with E-state index in [-0.39, 0.29) is 35.0 Å². The van der Waals surface area contributed by atoms with Crippen molar-refractivity contribution in [3.05, 3.63) is 35.4 Å². The van der Waals surface area contributed by atoms with E-state index in [0.29, 0.717) is 0 Å². The fourth-order valence-corrected chi connectivity index (χ4v) is 5.81. The maximum absolute atomic E-state index is 13.0. The lowest BCUT2D eigenvalue weighted by molar-refractivity contribution is -0.151. The molecule has 4 atom stereocenters. The fourth-order valence-electron chi connectivity index (χ4n) is 5.81. The number of hydrogen-bond donors (Lipinski definition) is 1. The number of benzene rings is 1. The minimum Gasteiger partial charge on any atom is -0.508 e. The largest absolute Gasteiger partial charge is 0.508 e. The van der Waals surface area contributed by atoms with Gasteiger partial charge >= 0.3 is 5.97 Å². The lowest BCUT2D eigenvalue weighted by Gasteiger charge is -2.59. The number of allylic oxidation sites excluding steroid dienone is 1. The first kappa shape index (κ1) is 15.1. The quantitative estimate of drug-likeness (QED) is 0.631. The predicted octanol–water partition coefficient (Wildman–Crippen LogP) is 2.56. The molecule has 1 aromatic rings. The molecule has 0 unspecified atom stereocenters. The number of fused-ring (bicyclic) bond motifs is 2. The van der Waals surface area contributed by atoms with Gasteiger partial charge in [0.25, 0.3) is 0 Å². The van der Waals surface area contributed by atoms with Gasteiger partial charge in [-0.15, -0.1) is 0 Å². The Kier molecular flexibility index (Phi) is 2.99. The molecule has 2 saturated heterocycles. The van der Waals surface area contributed by atoms with Gasteiger partial charge in [-0.3, -0.25) is 14.7 Å². The molecule has 3 heterocycles. The third-order valence-corrected chi connectivity index (χ3v) is 6.81. The van der Waals surface area contributed by atoms with Crippen LogP contribution in [-0.2, 0) is 14.9 Å². The van der Waals surface area contributed by atoms with E-state index in [0.717, 1.165) is 42.9 Å². The van der Waals surface area contributed by atoms with E-state index < -0.39 is 0 Å². The Morgan fingerprint density at radius 2 is 2.32 bits per heavy atom. The number of rotatable bonds is 1. The molecule has 3 bridgehead atoms. The van der Waals surface area contributed by atoms with E-state index in [1.165, 1.54) is 12.7 Å². The van der Waals surface area contributed by atoms with E-state index in [1.807, 2.05) is 6.07 Å². The summed E-state index contributed by atoms with van der Waals surface area (Å²) in [5.74, 6) is 0.0659. The zero-order valence-electron chi connectivity index (χ0n) is 14.5. The van der Waals surface area contributed by atoms with E-state index in [9.17, 15) is 9.90 Å². The van der Waals surface area contributed by atoms with Crippen LogP contribution in [0.3, 0.4) is 0 Å². The highest BCUT2D eigenvalue weighted by molar-refractivity contribution is 6.09. The zero-order valence-corrected chi connectivity index (χ0v) is 14.5. The number of esters is 1. The number of carbonyl (C=O) groups is 1. The molecule has 0 radical (unpaired) electrons. The third-order valence-electron chi connectivity index (χ3n) is 6.81. The molecular weight excluding hydrogens is 316 g/mol. The second-order valence-corrected chi connectivity index (χ2v) is 7.61. The van der Waals surface area contributed by atoms with Crippen molar-refractivity contribution in [1.82, 2.24) is 4.90 Å². The summed E-state index contributed by atoms with van der Waals surface area (Å²) in [6, 6.07) is 5.70. The Morgan fingerprint density at radius 3 is 3.08 bits per heavy atom. The highest BCUT2D eigenvalue weighted by Gasteiger charge is 2.65. The number of phenolic OH excluding ortho intramolecular Hbond substituents is 1.